The second-order valence-electron chi connectivity index (χ2n) is 3.22. The molecule has 0 spiro atoms. The minimum atomic E-state index is -3.72. The molecule has 2 aromatic rings. The molecule has 0 atom stereocenters. The maximum Gasteiger partial charge on any atom is 0.296 e. The largest absolute Gasteiger partial charge is 0.296 e. The predicted molar refractivity (Wildman–Crippen MR) is 57.6 cm³/mol. The molecule has 0 unspecified atom stereocenters. The van der Waals surface area contributed by atoms with Crippen molar-refractivity contribution in [2.75, 3.05) is 4.72 Å². The standard InChI is InChI=1S/C8H10N4O2S/c1-5-7-4-6(12-15(9,13)14)2-3-8(7)11-10-5/h2-4,12H,1H3,(H,10,11)(H2,9,13,14). The lowest BCUT2D eigenvalue weighted by Crippen LogP contribution is -2.21. The number of aromatic nitrogens is 2. The van der Waals surface area contributed by atoms with Gasteiger partial charge in [0.15, 0.2) is 0 Å². The first-order chi connectivity index (χ1) is 6.96. The van der Waals surface area contributed by atoms with Crippen LogP contribution in [0.3, 0.4) is 0 Å². The summed E-state index contributed by atoms with van der Waals surface area (Å²) in [6, 6.07) is 5.03. The third-order valence-corrected chi connectivity index (χ3v) is 2.53. The zero-order valence-corrected chi connectivity index (χ0v) is 8.80. The Bertz CT molecular complexity index is 602. The number of benzene rings is 1. The second-order valence-corrected chi connectivity index (χ2v) is 4.51. The van der Waals surface area contributed by atoms with E-state index in [-0.39, 0.29) is 0 Å². The van der Waals surface area contributed by atoms with Gasteiger partial charge in [-0.1, -0.05) is 0 Å². The van der Waals surface area contributed by atoms with Gasteiger partial charge in [-0.05, 0) is 25.1 Å². The number of fused-ring (bicyclic) bond motifs is 1. The van der Waals surface area contributed by atoms with E-state index in [1.54, 1.807) is 18.2 Å². The van der Waals surface area contributed by atoms with Crippen LogP contribution in [0.5, 0.6) is 0 Å². The Kier molecular flexibility index (Phi) is 2.13. The average molecular weight is 226 g/mol. The zero-order chi connectivity index (χ0) is 11.1. The van der Waals surface area contributed by atoms with Crippen molar-refractivity contribution in [1.82, 2.24) is 10.2 Å². The highest BCUT2D eigenvalue weighted by Crippen LogP contribution is 2.20. The van der Waals surface area contributed by atoms with Gasteiger partial charge >= 0.3 is 0 Å². The van der Waals surface area contributed by atoms with Gasteiger partial charge in [-0.2, -0.15) is 13.5 Å². The van der Waals surface area contributed by atoms with Gasteiger partial charge in [0.05, 0.1) is 16.9 Å². The first kappa shape index (κ1) is 9.94. The van der Waals surface area contributed by atoms with Gasteiger partial charge in [-0.3, -0.25) is 9.82 Å². The van der Waals surface area contributed by atoms with Crippen molar-refractivity contribution < 1.29 is 8.42 Å². The van der Waals surface area contributed by atoms with Crippen molar-refractivity contribution >= 4 is 26.8 Å². The Morgan fingerprint density at radius 2 is 2.20 bits per heavy atom. The molecule has 6 nitrogen and oxygen atoms in total. The molecule has 1 aromatic heterocycles. The molecule has 15 heavy (non-hydrogen) atoms. The molecule has 0 amide bonds. The van der Waals surface area contributed by atoms with E-state index in [2.05, 4.69) is 14.9 Å². The van der Waals surface area contributed by atoms with Crippen molar-refractivity contribution in [2.24, 2.45) is 5.14 Å². The molecule has 0 aliphatic rings. The summed E-state index contributed by atoms with van der Waals surface area (Å²) >= 11 is 0. The molecule has 80 valence electrons. The van der Waals surface area contributed by atoms with Crippen LogP contribution in [0.2, 0.25) is 0 Å². The summed E-state index contributed by atoms with van der Waals surface area (Å²) in [6.45, 7) is 1.83. The fourth-order valence-corrected chi connectivity index (χ4v) is 1.83. The van der Waals surface area contributed by atoms with Gasteiger partial charge < -0.3 is 0 Å². The summed E-state index contributed by atoms with van der Waals surface area (Å²) in [4.78, 5) is 0. The lowest BCUT2D eigenvalue weighted by molar-refractivity contribution is 0.603. The number of aryl methyl sites for hydroxylation is 1. The molecule has 0 aliphatic carbocycles. The summed E-state index contributed by atoms with van der Waals surface area (Å²) in [5.74, 6) is 0. The van der Waals surface area contributed by atoms with Gasteiger partial charge in [0.25, 0.3) is 10.2 Å². The van der Waals surface area contributed by atoms with Gasteiger partial charge in [0, 0.05) is 5.39 Å². The molecule has 0 bridgehead atoms. The van der Waals surface area contributed by atoms with Gasteiger partial charge in [0.2, 0.25) is 0 Å². The molecule has 0 aliphatic heterocycles. The highest BCUT2D eigenvalue weighted by atomic mass is 32.2. The SMILES string of the molecule is Cc1n[nH]c2ccc(NS(N)(=O)=O)cc12. The second kappa shape index (κ2) is 3.21. The third-order valence-electron chi connectivity index (χ3n) is 2.01. The fraction of sp³-hybridized carbons (Fsp3) is 0.125. The number of nitrogens with two attached hydrogens (primary N) is 1. The number of anilines is 1. The van der Waals surface area contributed by atoms with E-state index in [1.807, 2.05) is 6.92 Å². The number of nitrogens with zero attached hydrogens (tertiary/aromatic N) is 1. The summed E-state index contributed by atoms with van der Waals surface area (Å²) in [7, 11) is -3.72. The first-order valence-corrected chi connectivity index (χ1v) is 5.75. The molecule has 0 saturated heterocycles. The lowest BCUT2D eigenvalue weighted by Gasteiger charge is -2.02. The van der Waals surface area contributed by atoms with E-state index in [9.17, 15) is 8.42 Å². The zero-order valence-electron chi connectivity index (χ0n) is 7.98. The molecule has 0 saturated carbocycles. The van der Waals surface area contributed by atoms with Crippen molar-refractivity contribution in [3.63, 3.8) is 0 Å². The average Bonchev–Trinajstić information content (AvgIpc) is 2.45. The molecular weight excluding hydrogens is 216 g/mol. The number of hydrogen-bond donors (Lipinski definition) is 3. The Balaban J connectivity index is 2.51. The van der Waals surface area contributed by atoms with E-state index in [4.69, 9.17) is 5.14 Å². The maximum atomic E-state index is 10.8. The Morgan fingerprint density at radius 3 is 2.87 bits per heavy atom. The molecule has 1 aromatic carbocycles. The smallest absolute Gasteiger partial charge is 0.278 e. The Morgan fingerprint density at radius 1 is 1.47 bits per heavy atom. The van der Waals surface area contributed by atoms with Crippen molar-refractivity contribution in [2.45, 2.75) is 6.92 Å². The monoisotopic (exact) mass is 226 g/mol. The van der Waals surface area contributed by atoms with E-state index in [0.29, 0.717) is 5.69 Å². The number of rotatable bonds is 2. The quantitative estimate of drug-likeness (QED) is 0.694. The summed E-state index contributed by atoms with van der Waals surface area (Å²) < 4.78 is 23.8. The van der Waals surface area contributed by atoms with Crippen LogP contribution in [0.4, 0.5) is 5.69 Å². The number of nitrogens with one attached hydrogen (secondary N) is 2. The van der Waals surface area contributed by atoms with Crippen LogP contribution >= 0.6 is 0 Å². The lowest BCUT2D eigenvalue weighted by atomic mass is 10.2. The van der Waals surface area contributed by atoms with Crippen LogP contribution in [0, 0.1) is 6.92 Å². The first-order valence-electron chi connectivity index (χ1n) is 4.21. The number of H-pyrrole nitrogens is 1. The van der Waals surface area contributed by atoms with Gasteiger partial charge in [0.1, 0.15) is 0 Å². The highest BCUT2D eigenvalue weighted by Gasteiger charge is 2.05. The van der Waals surface area contributed by atoms with Crippen LogP contribution in [0.25, 0.3) is 10.9 Å². The van der Waals surface area contributed by atoms with Gasteiger partial charge in [-0.25, -0.2) is 5.14 Å². The van der Waals surface area contributed by atoms with Crippen molar-refractivity contribution in [1.29, 1.82) is 0 Å². The van der Waals surface area contributed by atoms with Crippen molar-refractivity contribution in [3.05, 3.63) is 23.9 Å². The van der Waals surface area contributed by atoms with Gasteiger partial charge in [-0.15, -0.1) is 0 Å². The van der Waals surface area contributed by atoms with E-state index < -0.39 is 10.2 Å². The molecule has 0 radical (unpaired) electrons. The van der Waals surface area contributed by atoms with Crippen LogP contribution < -0.4 is 9.86 Å². The molecule has 2 rings (SSSR count). The predicted octanol–water partition coefficient (Wildman–Crippen LogP) is 0.487. The third kappa shape index (κ3) is 2.08. The van der Waals surface area contributed by atoms with Crippen LogP contribution in [-0.4, -0.2) is 18.6 Å². The summed E-state index contributed by atoms with van der Waals surface area (Å²) in [5.41, 5.74) is 2.09. The van der Waals surface area contributed by atoms with Crippen LogP contribution in [0.1, 0.15) is 5.69 Å². The molecule has 4 N–H and O–H groups in total. The molecule has 0 fully saturated rings. The normalized spacial score (nSPS) is 11.9. The number of hydrogen-bond acceptors (Lipinski definition) is 3. The van der Waals surface area contributed by atoms with Crippen LogP contribution in [-0.2, 0) is 10.2 Å². The maximum absolute atomic E-state index is 10.8. The topological polar surface area (TPSA) is 101 Å². The van der Waals surface area contributed by atoms with E-state index in [1.165, 1.54) is 0 Å². The van der Waals surface area contributed by atoms with Crippen molar-refractivity contribution in [3.8, 4) is 0 Å². The summed E-state index contributed by atoms with van der Waals surface area (Å²) in [5, 5.41) is 12.5. The molecule has 7 heteroatoms. The minimum absolute atomic E-state index is 0.425. The Hall–Kier alpha value is -1.60. The van der Waals surface area contributed by atoms with E-state index in [0.717, 1.165) is 16.6 Å². The molecule has 1 heterocycles. The fourth-order valence-electron chi connectivity index (χ4n) is 1.37. The Labute approximate surface area is 86.7 Å². The van der Waals surface area contributed by atoms with E-state index >= 15 is 0 Å². The minimum Gasteiger partial charge on any atom is -0.278 e. The number of aromatic amines is 1. The highest BCUT2D eigenvalue weighted by molar-refractivity contribution is 7.90. The summed E-state index contributed by atoms with van der Waals surface area (Å²) in [6.07, 6.45) is 0. The van der Waals surface area contributed by atoms with Crippen LogP contribution in [0.15, 0.2) is 18.2 Å². The molecular formula is C8H10N4O2S.